The second-order valence-electron chi connectivity index (χ2n) is 6.41. The summed E-state index contributed by atoms with van der Waals surface area (Å²) in [5.41, 5.74) is 3.19. The molecule has 3 rings (SSSR count). The molecule has 24 heavy (non-hydrogen) atoms. The molecule has 0 saturated heterocycles. The molecule has 6 nitrogen and oxygen atoms in total. The molecular formula is C17H23N5OS. The number of tetrazole rings is 1. The van der Waals surface area contributed by atoms with Gasteiger partial charge in [-0.25, -0.2) is 0 Å². The lowest BCUT2D eigenvalue weighted by Gasteiger charge is -2.16. The smallest absolute Gasteiger partial charge is 0.233 e. The second-order valence-corrected chi connectivity index (χ2v) is 7.72. The third-order valence-electron chi connectivity index (χ3n) is 4.39. The average molecular weight is 345 g/mol. The molecule has 0 aliphatic heterocycles. The molecule has 1 atom stereocenters. The fourth-order valence-electron chi connectivity index (χ4n) is 2.95. The predicted molar refractivity (Wildman–Crippen MR) is 94.3 cm³/mol. The van der Waals surface area contributed by atoms with Crippen molar-refractivity contribution in [2.75, 3.05) is 0 Å². The number of rotatable bonds is 5. The Bertz CT molecular complexity index is 724. The second kappa shape index (κ2) is 7.34. The van der Waals surface area contributed by atoms with Gasteiger partial charge in [-0.2, -0.15) is 4.68 Å². The van der Waals surface area contributed by atoms with Crippen LogP contribution in [-0.2, 0) is 4.79 Å². The monoisotopic (exact) mass is 345 g/mol. The molecule has 1 fully saturated rings. The number of nitrogens with one attached hydrogen (secondary N) is 1. The Morgan fingerprint density at radius 1 is 1.33 bits per heavy atom. The lowest BCUT2D eigenvalue weighted by Crippen LogP contribution is -2.37. The van der Waals surface area contributed by atoms with Gasteiger partial charge in [-0.1, -0.05) is 36.7 Å². The fraction of sp³-hybridized carbons (Fsp3) is 0.529. The van der Waals surface area contributed by atoms with E-state index < -0.39 is 0 Å². The molecule has 0 unspecified atom stereocenters. The Kier molecular flexibility index (Phi) is 5.18. The lowest BCUT2D eigenvalue weighted by molar-refractivity contribution is -0.120. The van der Waals surface area contributed by atoms with Crippen LogP contribution >= 0.6 is 11.8 Å². The van der Waals surface area contributed by atoms with Crippen LogP contribution in [0.1, 0.15) is 43.7 Å². The van der Waals surface area contributed by atoms with Gasteiger partial charge in [-0.15, -0.1) is 5.10 Å². The largest absolute Gasteiger partial charge is 0.352 e. The molecule has 0 spiro atoms. The summed E-state index contributed by atoms with van der Waals surface area (Å²) in [5.74, 6) is 0.0578. The van der Waals surface area contributed by atoms with E-state index in [9.17, 15) is 4.79 Å². The van der Waals surface area contributed by atoms with Crippen LogP contribution in [0.3, 0.4) is 0 Å². The first kappa shape index (κ1) is 17.0. The molecule has 2 aromatic rings. The highest BCUT2D eigenvalue weighted by Gasteiger charge is 2.23. The number of aromatic nitrogens is 4. The minimum atomic E-state index is -0.236. The van der Waals surface area contributed by atoms with Crippen LogP contribution in [0, 0.1) is 13.8 Å². The number of aryl methyl sites for hydroxylation is 2. The fourth-order valence-corrected chi connectivity index (χ4v) is 3.76. The minimum Gasteiger partial charge on any atom is -0.352 e. The number of nitrogens with zero attached hydrogens (tertiary/aromatic N) is 4. The van der Waals surface area contributed by atoms with E-state index in [0.29, 0.717) is 11.2 Å². The zero-order valence-corrected chi connectivity index (χ0v) is 15.1. The Labute approximate surface area is 146 Å². The first-order valence-corrected chi connectivity index (χ1v) is 9.25. The molecule has 1 aromatic heterocycles. The van der Waals surface area contributed by atoms with Crippen molar-refractivity contribution in [1.29, 1.82) is 0 Å². The SMILES string of the molecule is Cc1ccc(C)c(-n2nnnc2S[C@H](C)C(=O)NC2CCCC2)c1. The third kappa shape index (κ3) is 3.77. The Hall–Kier alpha value is -1.89. The topological polar surface area (TPSA) is 72.7 Å². The normalized spacial score (nSPS) is 16.3. The van der Waals surface area contributed by atoms with Crippen LogP contribution in [0.2, 0.25) is 0 Å². The van der Waals surface area contributed by atoms with Crippen LogP contribution in [0.4, 0.5) is 0 Å². The van der Waals surface area contributed by atoms with Gasteiger partial charge in [0.2, 0.25) is 11.1 Å². The lowest BCUT2D eigenvalue weighted by atomic mass is 10.1. The summed E-state index contributed by atoms with van der Waals surface area (Å²) < 4.78 is 1.71. The van der Waals surface area contributed by atoms with Gasteiger partial charge < -0.3 is 5.32 Å². The summed E-state index contributed by atoms with van der Waals surface area (Å²) >= 11 is 1.39. The summed E-state index contributed by atoms with van der Waals surface area (Å²) in [6, 6.07) is 6.50. The first-order chi connectivity index (χ1) is 11.5. The molecule has 1 saturated carbocycles. The van der Waals surface area contributed by atoms with Crippen molar-refractivity contribution in [1.82, 2.24) is 25.5 Å². The predicted octanol–water partition coefficient (Wildman–Crippen LogP) is 2.82. The van der Waals surface area contributed by atoms with Crippen molar-refractivity contribution in [2.24, 2.45) is 0 Å². The molecule has 1 amide bonds. The quantitative estimate of drug-likeness (QED) is 0.844. The highest BCUT2D eigenvalue weighted by Crippen LogP contribution is 2.25. The van der Waals surface area contributed by atoms with Gasteiger partial charge in [0.25, 0.3) is 0 Å². The van der Waals surface area contributed by atoms with Gasteiger partial charge >= 0.3 is 0 Å². The minimum absolute atomic E-state index is 0.0578. The number of carbonyl (C=O) groups excluding carboxylic acids is 1. The molecule has 1 N–H and O–H groups in total. The summed E-state index contributed by atoms with van der Waals surface area (Å²) in [6.07, 6.45) is 4.58. The Morgan fingerprint density at radius 3 is 2.83 bits per heavy atom. The zero-order valence-electron chi connectivity index (χ0n) is 14.3. The standard InChI is InChI=1S/C17H23N5OS/c1-11-8-9-12(2)15(10-11)22-17(19-20-21-22)24-13(3)16(23)18-14-6-4-5-7-14/h8-10,13-14H,4-7H2,1-3H3,(H,18,23)/t13-/m1/s1. The van der Waals surface area contributed by atoms with E-state index in [4.69, 9.17) is 0 Å². The van der Waals surface area contributed by atoms with E-state index in [1.165, 1.54) is 24.6 Å². The molecule has 1 aliphatic carbocycles. The molecule has 0 bridgehead atoms. The molecule has 1 heterocycles. The molecular weight excluding hydrogens is 322 g/mol. The molecule has 0 radical (unpaired) electrons. The molecule has 1 aliphatic rings. The zero-order chi connectivity index (χ0) is 17.1. The summed E-state index contributed by atoms with van der Waals surface area (Å²) in [4.78, 5) is 12.4. The van der Waals surface area contributed by atoms with E-state index in [1.807, 2.05) is 20.8 Å². The third-order valence-corrected chi connectivity index (χ3v) is 5.42. The average Bonchev–Trinajstić information content (AvgIpc) is 3.21. The summed E-state index contributed by atoms with van der Waals surface area (Å²) in [5, 5.41) is 15.5. The summed E-state index contributed by atoms with van der Waals surface area (Å²) in [6.45, 7) is 5.97. The van der Waals surface area contributed by atoms with E-state index >= 15 is 0 Å². The number of thioether (sulfide) groups is 1. The van der Waals surface area contributed by atoms with Gasteiger partial charge in [0.15, 0.2) is 0 Å². The van der Waals surface area contributed by atoms with Crippen molar-refractivity contribution in [3.8, 4) is 5.69 Å². The van der Waals surface area contributed by atoms with Crippen LogP contribution in [0.25, 0.3) is 5.69 Å². The number of benzene rings is 1. The van der Waals surface area contributed by atoms with Crippen molar-refractivity contribution in [2.45, 2.75) is 62.9 Å². The molecule has 128 valence electrons. The first-order valence-electron chi connectivity index (χ1n) is 8.37. The van der Waals surface area contributed by atoms with Gasteiger partial charge in [-0.3, -0.25) is 4.79 Å². The van der Waals surface area contributed by atoms with E-state index in [1.54, 1.807) is 4.68 Å². The molecule has 7 heteroatoms. The van der Waals surface area contributed by atoms with Gasteiger partial charge in [0.1, 0.15) is 0 Å². The maximum atomic E-state index is 12.4. The van der Waals surface area contributed by atoms with Gasteiger partial charge in [-0.05, 0) is 61.2 Å². The number of hydrogen-bond acceptors (Lipinski definition) is 5. The van der Waals surface area contributed by atoms with Crippen molar-refractivity contribution in [3.05, 3.63) is 29.3 Å². The number of carbonyl (C=O) groups is 1. The van der Waals surface area contributed by atoms with Gasteiger partial charge in [0.05, 0.1) is 10.9 Å². The maximum absolute atomic E-state index is 12.4. The van der Waals surface area contributed by atoms with Crippen molar-refractivity contribution < 1.29 is 4.79 Å². The summed E-state index contributed by atoms with van der Waals surface area (Å²) in [7, 11) is 0. The number of amides is 1. The van der Waals surface area contributed by atoms with Crippen LogP contribution < -0.4 is 5.32 Å². The highest BCUT2D eigenvalue weighted by molar-refractivity contribution is 8.00. The van der Waals surface area contributed by atoms with Crippen LogP contribution in [0.15, 0.2) is 23.4 Å². The van der Waals surface area contributed by atoms with Gasteiger partial charge in [0, 0.05) is 6.04 Å². The van der Waals surface area contributed by atoms with Crippen LogP contribution in [-0.4, -0.2) is 37.4 Å². The Morgan fingerprint density at radius 2 is 2.08 bits per heavy atom. The maximum Gasteiger partial charge on any atom is 0.233 e. The number of hydrogen-bond donors (Lipinski definition) is 1. The highest BCUT2D eigenvalue weighted by atomic mass is 32.2. The van der Waals surface area contributed by atoms with Crippen molar-refractivity contribution >= 4 is 17.7 Å². The van der Waals surface area contributed by atoms with Crippen LogP contribution in [0.5, 0.6) is 0 Å². The Balaban J connectivity index is 1.73. The van der Waals surface area contributed by atoms with E-state index in [-0.39, 0.29) is 11.2 Å². The van der Waals surface area contributed by atoms with E-state index in [2.05, 4.69) is 39.0 Å². The van der Waals surface area contributed by atoms with Crippen molar-refractivity contribution in [3.63, 3.8) is 0 Å². The van der Waals surface area contributed by atoms with E-state index in [0.717, 1.165) is 29.7 Å². The molecule has 1 aromatic carbocycles.